The number of nitrogens with zero attached hydrogens (tertiary/aromatic N) is 1. The van der Waals surface area contributed by atoms with Gasteiger partial charge in [0, 0.05) is 11.8 Å². The molecule has 0 radical (unpaired) electrons. The summed E-state index contributed by atoms with van der Waals surface area (Å²) >= 11 is 0. The number of sulfonamides is 1. The molecule has 8 heteroatoms. The molecule has 0 aromatic heterocycles. The maximum absolute atomic E-state index is 13.4. The van der Waals surface area contributed by atoms with Crippen LogP contribution in [0.25, 0.3) is 0 Å². The van der Waals surface area contributed by atoms with Crippen LogP contribution in [-0.4, -0.2) is 35.1 Å². The Morgan fingerprint density at radius 3 is 2.26 bits per heavy atom. The Morgan fingerprint density at radius 1 is 0.903 bits per heavy atom. The third-order valence-corrected chi connectivity index (χ3v) is 6.36. The van der Waals surface area contributed by atoms with Gasteiger partial charge in [0.15, 0.2) is 11.5 Å². The Bertz CT molecular complexity index is 1160. The lowest BCUT2D eigenvalue weighted by molar-refractivity contribution is -0.114. The van der Waals surface area contributed by atoms with E-state index in [9.17, 15) is 13.2 Å². The summed E-state index contributed by atoms with van der Waals surface area (Å²) in [5.41, 5.74) is 1.85. The fourth-order valence-electron chi connectivity index (χ4n) is 3.07. The number of methoxy groups -OCH3 is 2. The van der Waals surface area contributed by atoms with E-state index in [0.29, 0.717) is 17.2 Å². The summed E-state index contributed by atoms with van der Waals surface area (Å²) in [5.74, 6) is 0.333. The second-order valence-electron chi connectivity index (χ2n) is 6.78. The minimum Gasteiger partial charge on any atom is -0.493 e. The van der Waals surface area contributed by atoms with Crippen LogP contribution >= 0.6 is 0 Å². The molecule has 0 saturated carbocycles. The summed E-state index contributed by atoms with van der Waals surface area (Å²) in [4.78, 5) is 12.9. The van der Waals surface area contributed by atoms with E-state index in [2.05, 4.69) is 5.32 Å². The lowest BCUT2D eigenvalue weighted by Gasteiger charge is -2.25. The molecule has 31 heavy (non-hydrogen) atoms. The molecular formula is C23H24N2O5S. The molecule has 1 N–H and O–H groups in total. The predicted octanol–water partition coefficient (Wildman–Crippen LogP) is 3.85. The third kappa shape index (κ3) is 5.16. The van der Waals surface area contributed by atoms with E-state index in [1.165, 1.54) is 32.4 Å². The zero-order valence-corrected chi connectivity index (χ0v) is 18.3. The molecular weight excluding hydrogens is 416 g/mol. The second-order valence-corrected chi connectivity index (χ2v) is 8.64. The van der Waals surface area contributed by atoms with Crippen LogP contribution in [0.5, 0.6) is 11.5 Å². The van der Waals surface area contributed by atoms with E-state index in [1.54, 1.807) is 36.4 Å². The number of amides is 1. The van der Waals surface area contributed by atoms with Gasteiger partial charge in [-0.2, -0.15) is 0 Å². The first-order valence-corrected chi connectivity index (χ1v) is 11.0. The van der Waals surface area contributed by atoms with Crippen molar-refractivity contribution in [3.63, 3.8) is 0 Å². The van der Waals surface area contributed by atoms with Gasteiger partial charge in [-0.15, -0.1) is 0 Å². The first-order chi connectivity index (χ1) is 14.8. The van der Waals surface area contributed by atoms with Crippen molar-refractivity contribution < 1.29 is 22.7 Å². The van der Waals surface area contributed by atoms with Crippen LogP contribution in [0, 0.1) is 6.92 Å². The normalized spacial score (nSPS) is 10.9. The minimum absolute atomic E-state index is 0.0770. The number of hydrogen-bond donors (Lipinski definition) is 1. The Morgan fingerprint density at radius 2 is 1.61 bits per heavy atom. The van der Waals surface area contributed by atoms with Gasteiger partial charge in [-0.1, -0.05) is 30.3 Å². The van der Waals surface area contributed by atoms with Crippen LogP contribution in [0.15, 0.2) is 77.7 Å². The molecule has 1 amide bonds. The van der Waals surface area contributed by atoms with Crippen molar-refractivity contribution in [2.45, 2.75) is 11.8 Å². The highest BCUT2D eigenvalue weighted by atomic mass is 32.2. The van der Waals surface area contributed by atoms with Gasteiger partial charge in [-0.05, 0) is 48.9 Å². The van der Waals surface area contributed by atoms with Crippen LogP contribution < -0.4 is 19.1 Å². The maximum Gasteiger partial charge on any atom is 0.264 e. The van der Waals surface area contributed by atoms with Gasteiger partial charge in [-0.25, -0.2) is 8.42 Å². The molecule has 0 saturated heterocycles. The summed E-state index contributed by atoms with van der Waals surface area (Å²) in [5, 5.41) is 2.76. The van der Waals surface area contributed by atoms with Crippen molar-refractivity contribution in [1.29, 1.82) is 0 Å². The SMILES string of the molecule is COc1ccc(N(CC(=O)Nc2cccc(C)c2)S(=O)(=O)c2ccccc2)cc1OC. The van der Waals surface area contributed by atoms with Gasteiger partial charge in [-0.3, -0.25) is 9.10 Å². The molecule has 0 heterocycles. The zero-order valence-electron chi connectivity index (χ0n) is 17.5. The Kier molecular flexibility index (Phi) is 6.81. The van der Waals surface area contributed by atoms with E-state index in [-0.39, 0.29) is 10.6 Å². The molecule has 7 nitrogen and oxygen atoms in total. The van der Waals surface area contributed by atoms with Crippen molar-refractivity contribution in [1.82, 2.24) is 0 Å². The van der Waals surface area contributed by atoms with Crippen LogP contribution in [-0.2, 0) is 14.8 Å². The van der Waals surface area contributed by atoms with Gasteiger partial charge >= 0.3 is 0 Å². The molecule has 0 unspecified atom stereocenters. The molecule has 0 aliphatic carbocycles. The molecule has 0 spiro atoms. The number of benzene rings is 3. The lowest BCUT2D eigenvalue weighted by Crippen LogP contribution is -2.38. The second kappa shape index (κ2) is 9.53. The average molecular weight is 441 g/mol. The predicted molar refractivity (Wildman–Crippen MR) is 120 cm³/mol. The van der Waals surface area contributed by atoms with E-state index in [4.69, 9.17) is 9.47 Å². The van der Waals surface area contributed by atoms with E-state index >= 15 is 0 Å². The summed E-state index contributed by atoms with van der Waals surface area (Å²) in [7, 11) is -1.07. The first kappa shape index (κ1) is 22.2. The van der Waals surface area contributed by atoms with Crippen molar-refractivity contribution in [2.24, 2.45) is 0 Å². The standard InChI is InChI=1S/C23H24N2O5S/c1-17-8-7-9-18(14-17)24-23(26)16-25(31(27,28)20-10-5-4-6-11-20)19-12-13-21(29-2)22(15-19)30-3/h4-15H,16H2,1-3H3,(H,24,26). The number of carbonyl (C=O) groups excluding carboxylic acids is 1. The fraction of sp³-hybridized carbons (Fsp3) is 0.174. The fourth-order valence-corrected chi connectivity index (χ4v) is 4.50. The number of anilines is 2. The van der Waals surface area contributed by atoms with E-state index < -0.39 is 22.5 Å². The highest BCUT2D eigenvalue weighted by Gasteiger charge is 2.28. The lowest BCUT2D eigenvalue weighted by atomic mass is 10.2. The van der Waals surface area contributed by atoms with E-state index in [1.807, 2.05) is 25.1 Å². The quantitative estimate of drug-likeness (QED) is 0.575. The van der Waals surface area contributed by atoms with Crippen LogP contribution in [0.2, 0.25) is 0 Å². The van der Waals surface area contributed by atoms with Gasteiger partial charge in [0.05, 0.1) is 24.8 Å². The minimum atomic E-state index is -4.02. The summed E-state index contributed by atoms with van der Waals surface area (Å²) in [6.45, 7) is 1.49. The molecule has 0 atom stereocenters. The van der Waals surface area contributed by atoms with Crippen molar-refractivity contribution in [3.8, 4) is 11.5 Å². The van der Waals surface area contributed by atoms with Crippen molar-refractivity contribution in [2.75, 3.05) is 30.4 Å². The molecule has 0 fully saturated rings. The number of hydrogen-bond acceptors (Lipinski definition) is 5. The Labute approximate surface area is 182 Å². The Balaban J connectivity index is 1.99. The maximum atomic E-state index is 13.4. The monoisotopic (exact) mass is 440 g/mol. The number of ether oxygens (including phenoxy) is 2. The molecule has 0 aliphatic rings. The number of rotatable bonds is 8. The summed E-state index contributed by atoms with van der Waals surface area (Å²) in [6.07, 6.45) is 0. The van der Waals surface area contributed by atoms with Gasteiger partial charge in [0.25, 0.3) is 10.0 Å². The van der Waals surface area contributed by atoms with Crippen molar-refractivity contribution in [3.05, 3.63) is 78.4 Å². The smallest absolute Gasteiger partial charge is 0.264 e. The first-order valence-electron chi connectivity index (χ1n) is 9.51. The largest absolute Gasteiger partial charge is 0.493 e. The van der Waals surface area contributed by atoms with Crippen molar-refractivity contribution >= 4 is 27.3 Å². The average Bonchev–Trinajstić information content (AvgIpc) is 2.77. The summed E-state index contributed by atoms with van der Waals surface area (Å²) < 4.78 is 38.4. The van der Waals surface area contributed by atoms with Gasteiger partial charge < -0.3 is 14.8 Å². The molecule has 162 valence electrons. The molecule has 3 aromatic carbocycles. The number of aryl methyl sites for hydroxylation is 1. The van der Waals surface area contributed by atoms with E-state index in [0.717, 1.165) is 9.87 Å². The van der Waals surface area contributed by atoms with Crippen LogP contribution in [0.4, 0.5) is 11.4 Å². The molecule has 3 aromatic rings. The van der Waals surface area contributed by atoms with Gasteiger partial charge in [0.2, 0.25) is 5.91 Å². The Hall–Kier alpha value is -3.52. The third-order valence-electron chi connectivity index (χ3n) is 4.58. The number of carbonyl (C=O) groups is 1. The van der Waals surface area contributed by atoms with Gasteiger partial charge in [0.1, 0.15) is 6.54 Å². The topological polar surface area (TPSA) is 84.9 Å². The highest BCUT2D eigenvalue weighted by Crippen LogP contribution is 2.33. The molecule has 0 aliphatic heterocycles. The van der Waals surface area contributed by atoms with Crippen LogP contribution in [0.3, 0.4) is 0 Å². The number of nitrogens with one attached hydrogen (secondary N) is 1. The highest BCUT2D eigenvalue weighted by molar-refractivity contribution is 7.92. The summed E-state index contributed by atoms with van der Waals surface area (Å²) in [6, 6.07) is 19.9. The molecule has 3 rings (SSSR count). The van der Waals surface area contributed by atoms with Crippen LogP contribution in [0.1, 0.15) is 5.56 Å². The zero-order chi connectivity index (χ0) is 22.4. The molecule has 0 bridgehead atoms.